The first-order valence-corrected chi connectivity index (χ1v) is 8.32. The quantitative estimate of drug-likeness (QED) is 0.789. The molecule has 2 aromatic carbocycles. The number of anilines is 1. The molecule has 1 aromatic heterocycles. The maximum absolute atomic E-state index is 12.5. The van der Waals surface area contributed by atoms with Crippen LogP contribution in [-0.2, 0) is 13.0 Å². The van der Waals surface area contributed by atoms with Crippen molar-refractivity contribution in [1.82, 2.24) is 9.55 Å². The van der Waals surface area contributed by atoms with Gasteiger partial charge in [-0.2, -0.15) is 0 Å². The highest BCUT2D eigenvalue weighted by Gasteiger charge is 2.16. The fourth-order valence-electron chi connectivity index (χ4n) is 3.15. The van der Waals surface area contributed by atoms with Gasteiger partial charge in [-0.05, 0) is 36.1 Å². The highest BCUT2D eigenvalue weighted by Crippen LogP contribution is 2.22. The van der Waals surface area contributed by atoms with Crippen molar-refractivity contribution in [3.63, 3.8) is 0 Å². The van der Waals surface area contributed by atoms with E-state index in [1.54, 1.807) is 6.20 Å². The lowest BCUT2D eigenvalue weighted by Gasteiger charge is -2.16. The van der Waals surface area contributed by atoms with Crippen LogP contribution in [0.2, 0.25) is 0 Å². The van der Waals surface area contributed by atoms with Crippen LogP contribution < -0.4 is 5.32 Å². The average Bonchev–Trinajstić information content (AvgIpc) is 3.06. The summed E-state index contributed by atoms with van der Waals surface area (Å²) < 4.78 is 2.11. The molecule has 0 atom stereocenters. The minimum atomic E-state index is -0.0946. The molecule has 24 heavy (non-hydrogen) atoms. The van der Waals surface area contributed by atoms with Crippen molar-refractivity contribution in [1.29, 1.82) is 0 Å². The Labute approximate surface area is 141 Å². The predicted molar refractivity (Wildman–Crippen MR) is 95.0 cm³/mol. The lowest BCUT2D eigenvalue weighted by atomic mass is 10.0. The van der Waals surface area contributed by atoms with E-state index in [0.29, 0.717) is 5.56 Å². The molecule has 0 fully saturated rings. The number of carbonyl (C=O) groups is 1. The summed E-state index contributed by atoms with van der Waals surface area (Å²) >= 11 is 0. The van der Waals surface area contributed by atoms with Crippen LogP contribution >= 0.6 is 0 Å². The van der Waals surface area contributed by atoms with Gasteiger partial charge in [0.05, 0.1) is 6.20 Å². The third-order valence-corrected chi connectivity index (χ3v) is 4.47. The summed E-state index contributed by atoms with van der Waals surface area (Å²) in [5, 5.41) is 2.99. The number of aryl methyl sites for hydroxylation is 1. The third kappa shape index (κ3) is 2.83. The summed E-state index contributed by atoms with van der Waals surface area (Å²) in [7, 11) is 0. The maximum Gasteiger partial charge on any atom is 0.256 e. The van der Waals surface area contributed by atoms with Crippen LogP contribution in [0.15, 0.2) is 60.8 Å². The van der Waals surface area contributed by atoms with Gasteiger partial charge in [0, 0.05) is 18.5 Å². The largest absolute Gasteiger partial charge is 0.315 e. The van der Waals surface area contributed by atoms with Crippen LogP contribution in [0.4, 0.5) is 5.82 Å². The van der Waals surface area contributed by atoms with Gasteiger partial charge in [0.1, 0.15) is 11.6 Å². The molecule has 4 nitrogen and oxygen atoms in total. The van der Waals surface area contributed by atoms with Crippen LogP contribution in [0.5, 0.6) is 0 Å². The summed E-state index contributed by atoms with van der Waals surface area (Å²) in [4.78, 5) is 16.9. The molecule has 4 heteroatoms. The van der Waals surface area contributed by atoms with Crippen LogP contribution in [0.25, 0.3) is 11.1 Å². The Bertz CT molecular complexity index is 850. The van der Waals surface area contributed by atoms with Crippen molar-refractivity contribution in [2.24, 2.45) is 0 Å². The molecule has 0 bridgehead atoms. The van der Waals surface area contributed by atoms with Crippen molar-refractivity contribution >= 4 is 11.7 Å². The number of imidazole rings is 1. The van der Waals surface area contributed by atoms with E-state index in [1.165, 1.54) is 6.42 Å². The third-order valence-electron chi connectivity index (χ3n) is 4.47. The number of amides is 1. The fraction of sp³-hybridized carbons (Fsp3) is 0.200. The van der Waals surface area contributed by atoms with Crippen molar-refractivity contribution < 1.29 is 4.79 Å². The summed E-state index contributed by atoms with van der Waals surface area (Å²) in [5.74, 6) is 1.76. The van der Waals surface area contributed by atoms with Crippen LogP contribution in [0, 0.1) is 0 Å². The zero-order valence-electron chi connectivity index (χ0n) is 13.4. The first-order chi connectivity index (χ1) is 11.8. The average molecular weight is 317 g/mol. The Morgan fingerprint density at radius 3 is 2.50 bits per heavy atom. The highest BCUT2D eigenvalue weighted by atomic mass is 16.1. The number of benzene rings is 2. The second kappa shape index (κ2) is 6.32. The zero-order valence-corrected chi connectivity index (χ0v) is 13.4. The Hall–Kier alpha value is -2.88. The first kappa shape index (κ1) is 14.7. The summed E-state index contributed by atoms with van der Waals surface area (Å²) in [6.07, 6.45) is 5.06. The van der Waals surface area contributed by atoms with E-state index in [2.05, 4.69) is 27.0 Å². The van der Waals surface area contributed by atoms with Gasteiger partial charge in [-0.3, -0.25) is 4.79 Å². The standard InChI is InChI=1S/C20H19N3O/c24-20(22-19-14-21-18-8-4-5-13-23(18)19)17-11-9-16(10-12-17)15-6-2-1-3-7-15/h1-3,6-7,9-12,14H,4-5,8,13H2,(H,22,24). The van der Waals surface area contributed by atoms with Gasteiger partial charge in [-0.15, -0.1) is 0 Å². The zero-order chi connectivity index (χ0) is 16.4. The number of fused-ring (bicyclic) bond motifs is 1. The van der Waals surface area contributed by atoms with Gasteiger partial charge >= 0.3 is 0 Å². The highest BCUT2D eigenvalue weighted by molar-refractivity contribution is 6.04. The molecule has 0 radical (unpaired) electrons. The van der Waals surface area contributed by atoms with Crippen LogP contribution in [-0.4, -0.2) is 15.5 Å². The molecule has 1 N–H and O–H groups in total. The molecule has 0 aliphatic carbocycles. The van der Waals surface area contributed by atoms with E-state index in [-0.39, 0.29) is 5.91 Å². The molecule has 0 saturated carbocycles. The predicted octanol–water partition coefficient (Wildman–Crippen LogP) is 4.14. The Morgan fingerprint density at radius 1 is 0.958 bits per heavy atom. The Balaban J connectivity index is 1.52. The number of nitrogens with zero attached hydrogens (tertiary/aromatic N) is 2. The minimum absolute atomic E-state index is 0.0946. The topological polar surface area (TPSA) is 46.9 Å². The monoisotopic (exact) mass is 317 g/mol. The summed E-state index contributed by atoms with van der Waals surface area (Å²) in [5.41, 5.74) is 2.91. The molecule has 1 amide bonds. The summed E-state index contributed by atoms with van der Waals surface area (Å²) in [6, 6.07) is 17.8. The molecule has 4 rings (SSSR count). The lowest BCUT2D eigenvalue weighted by Crippen LogP contribution is -2.18. The second-order valence-corrected chi connectivity index (χ2v) is 6.07. The normalized spacial score (nSPS) is 13.3. The minimum Gasteiger partial charge on any atom is -0.315 e. The lowest BCUT2D eigenvalue weighted by molar-refractivity contribution is 0.102. The maximum atomic E-state index is 12.5. The van der Waals surface area contributed by atoms with E-state index < -0.39 is 0 Å². The molecule has 0 saturated heterocycles. The van der Waals surface area contributed by atoms with Crippen molar-refractivity contribution in [3.05, 3.63) is 72.2 Å². The van der Waals surface area contributed by atoms with Crippen LogP contribution in [0.3, 0.4) is 0 Å². The van der Waals surface area contributed by atoms with Gasteiger partial charge in [0.25, 0.3) is 5.91 Å². The first-order valence-electron chi connectivity index (χ1n) is 8.32. The number of hydrogen-bond acceptors (Lipinski definition) is 2. The van der Waals surface area contributed by atoms with Gasteiger partial charge < -0.3 is 9.88 Å². The van der Waals surface area contributed by atoms with E-state index in [0.717, 1.165) is 42.2 Å². The molecule has 0 unspecified atom stereocenters. The molecule has 120 valence electrons. The number of nitrogens with one attached hydrogen (secondary N) is 1. The Kier molecular flexibility index (Phi) is 3.87. The van der Waals surface area contributed by atoms with Gasteiger partial charge in [-0.25, -0.2) is 4.98 Å². The van der Waals surface area contributed by atoms with E-state index in [1.807, 2.05) is 42.5 Å². The van der Waals surface area contributed by atoms with Gasteiger partial charge in [0.2, 0.25) is 0 Å². The Morgan fingerprint density at radius 2 is 1.71 bits per heavy atom. The second-order valence-electron chi connectivity index (χ2n) is 6.07. The number of rotatable bonds is 3. The van der Waals surface area contributed by atoms with Crippen molar-refractivity contribution in [2.45, 2.75) is 25.8 Å². The van der Waals surface area contributed by atoms with E-state index >= 15 is 0 Å². The number of hydrogen-bond donors (Lipinski definition) is 1. The fourth-order valence-corrected chi connectivity index (χ4v) is 3.15. The number of carbonyl (C=O) groups excluding carboxylic acids is 1. The van der Waals surface area contributed by atoms with Crippen molar-refractivity contribution in [3.8, 4) is 11.1 Å². The molecule has 3 aromatic rings. The van der Waals surface area contributed by atoms with E-state index in [4.69, 9.17) is 0 Å². The van der Waals surface area contributed by atoms with E-state index in [9.17, 15) is 4.79 Å². The van der Waals surface area contributed by atoms with Gasteiger partial charge in [0.15, 0.2) is 0 Å². The van der Waals surface area contributed by atoms with Crippen LogP contribution in [0.1, 0.15) is 29.0 Å². The SMILES string of the molecule is O=C(Nc1cnc2n1CCCC2)c1ccc(-c2ccccc2)cc1. The number of aromatic nitrogens is 2. The van der Waals surface area contributed by atoms with Gasteiger partial charge in [-0.1, -0.05) is 42.5 Å². The van der Waals surface area contributed by atoms with Crippen molar-refractivity contribution in [2.75, 3.05) is 5.32 Å². The molecule has 0 spiro atoms. The molecular formula is C20H19N3O. The molecule has 2 heterocycles. The summed E-state index contributed by atoms with van der Waals surface area (Å²) in [6.45, 7) is 0.928. The molecule has 1 aliphatic rings. The smallest absolute Gasteiger partial charge is 0.256 e. The molecular weight excluding hydrogens is 298 g/mol. The molecule has 1 aliphatic heterocycles.